The second-order valence-corrected chi connectivity index (χ2v) is 4.80. The highest BCUT2D eigenvalue weighted by Gasteiger charge is 2.11. The Bertz CT molecular complexity index is 725. The Kier molecular flexibility index (Phi) is 3.29. The zero-order chi connectivity index (χ0) is 13.9. The van der Waals surface area contributed by atoms with Crippen molar-refractivity contribution in [3.8, 4) is 0 Å². The molecular formula is C16H16N4. The van der Waals surface area contributed by atoms with Gasteiger partial charge in [-0.25, -0.2) is 0 Å². The summed E-state index contributed by atoms with van der Waals surface area (Å²) in [4.78, 5) is 4.36. The zero-order valence-electron chi connectivity index (χ0n) is 11.5. The minimum atomic E-state index is 0.0802. The highest BCUT2D eigenvalue weighted by molar-refractivity contribution is 5.92. The molecule has 0 saturated heterocycles. The molecule has 4 heteroatoms. The molecule has 1 aromatic carbocycles. The Morgan fingerprint density at radius 1 is 0.950 bits per heavy atom. The van der Waals surface area contributed by atoms with Crippen molar-refractivity contribution < 1.29 is 0 Å². The second-order valence-electron chi connectivity index (χ2n) is 4.80. The van der Waals surface area contributed by atoms with Crippen LogP contribution in [-0.4, -0.2) is 15.2 Å². The minimum absolute atomic E-state index is 0.0802. The largest absolute Gasteiger partial charge is 0.360 e. The minimum Gasteiger partial charge on any atom is -0.360 e. The lowest BCUT2D eigenvalue weighted by atomic mass is 10.1. The first-order valence-corrected chi connectivity index (χ1v) is 6.65. The maximum absolute atomic E-state index is 4.36. The van der Waals surface area contributed by atoms with Crippen LogP contribution in [0.5, 0.6) is 0 Å². The molecule has 3 rings (SSSR count). The summed E-state index contributed by atoms with van der Waals surface area (Å²) in [6.07, 6.45) is 1.80. The van der Waals surface area contributed by atoms with Crippen molar-refractivity contribution in [1.82, 2.24) is 15.2 Å². The fourth-order valence-electron chi connectivity index (χ4n) is 2.26. The lowest BCUT2D eigenvalue weighted by Crippen LogP contribution is -2.10. The number of rotatable bonds is 3. The van der Waals surface area contributed by atoms with Crippen LogP contribution in [0.4, 0.5) is 5.82 Å². The predicted octanol–water partition coefficient (Wildman–Crippen LogP) is 3.51. The van der Waals surface area contributed by atoms with Gasteiger partial charge >= 0.3 is 0 Å². The van der Waals surface area contributed by atoms with Crippen molar-refractivity contribution >= 4 is 16.6 Å². The smallest absolute Gasteiger partial charge is 0.157 e. The van der Waals surface area contributed by atoms with Crippen molar-refractivity contribution in [3.63, 3.8) is 0 Å². The zero-order valence-corrected chi connectivity index (χ0v) is 11.5. The summed E-state index contributed by atoms with van der Waals surface area (Å²) in [7, 11) is 0. The van der Waals surface area contributed by atoms with Gasteiger partial charge < -0.3 is 5.32 Å². The number of nitrogens with zero attached hydrogens (tertiary/aromatic N) is 3. The van der Waals surface area contributed by atoms with Crippen molar-refractivity contribution in [2.45, 2.75) is 19.9 Å². The van der Waals surface area contributed by atoms with Gasteiger partial charge in [0, 0.05) is 17.0 Å². The molecule has 1 atom stereocenters. The molecule has 0 amide bonds. The SMILES string of the molecule is Cc1nnc(NC(C)c2ccccn2)c2ccccc12. The van der Waals surface area contributed by atoms with Gasteiger partial charge in [0.15, 0.2) is 5.82 Å². The highest BCUT2D eigenvalue weighted by Crippen LogP contribution is 2.25. The average Bonchev–Trinajstić information content (AvgIpc) is 2.51. The van der Waals surface area contributed by atoms with Crippen LogP contribution >= 0.6 is 0 Å². The Balaban J connectivity index is 1.97. The lowest BCUT2D eigenvalue weighted by Gasteiger charge is -2.15. The molecule has 4 nitrogen and oxygen atoms in total. The lowest BCUT2D eigenvalue weighted by molar-refractivity contribution is 0.824. The van der Waals surface area contributed by atoms with Crippen molar-refractivity contribution in [3.05, 3.63) is 60.0 Å². The second kappa shape index (κ2) is 5.25. The molecule has 2 heterocycles. The summed E-state index contributed by atoms with van der Waals surface area (Å²) in [5.74, 6) is 0.796. The van der Waals surface area contributed by atoms with E-state index in [-0.39, 0.29) is 6.04 Å². The van der Waals surface area contributed by atoms with E-state index in [4.69, 9.17) is 0 Å². The number of pyridine rings is 1. The standard InChI is InChI=1S/C16H16N4/c1-11-13-7-3-4-8-14(13)16(20-19-11)18-12(2)15-9-5-6-10-17-15/h3-10,12H,1-2H3,(H,18,20). The Morgan fingerprint density at radius 2 is 1.70 bits per heavy atom. The normalized spacial score (nSPS) is 12.3. The van der Waals surface area contributed by atoms with E-state index in [1.807, 2.05) is 37.3 Å². The summed E-state index contributed by atoms with van der Waals surface area (Å²) >= 11 is 0. The molecule has 0 radical (unpaired) electrons. The number of anilines is 1. The Morgan fingerprint density at radius 3 is 2.45 bits per heavy atom. The van der Waals surface area contributed by atoms with E-state index in [2.05, 4.69) is 39.6 Å². The number of nitrogens with one attached hydrogen (secondary N) is 1. The van der Waals surface area contributed by atoms with Gasteiger partial charge in [-0.3, -0.25) is 4.98 Å². The van der Waals surface area contributed by atoms with Gasteiger partial charge in [0.05, 0.1) is 17.4 Å². The molecule has 100 valence electrons. The summed E-state index contributed by atoms with van der Waals surface area (Å²) in [5, 5.41) is 14.1. The third kappa shape index (κ3) is 2.32. The van der Waals surface area contributed by atoms with Gasteiger partial charge in [-0.05, 0) is 26.0 Å². The van der Waals surface area contributed by atoms with Gasteiger partial charge in [0.25, 0.3) is 0 Å². The molecule has 0 aliphatic rings. The molecular weight excluding hydrogens is 248 g/mol. The van der Waals surface area contributed by atoms with Crippen LogP contribution < -0.4 is 5.32 Å². The van der Waals surface area contributed by atoms with E-state index >= 15 is 0 Å². The third-order valence-electron chi connectivity index (χ3n) is 3.36. The average molecular weight is 264 g/mol. The fourth-order valence-corrected chi connectivity index (χ4v) is 2.26. The first kappa shape index (κ1) is 12.5. The van der Waals surface area contributed by atoms with E-state index in [9.17, 15) is 0 Å². The van der Waals surface area contributed by atoms with Crippen LogP contribution in [0.1, 0.15) is 24.4 Å². The van der Waals surface area contributed by atoms with Gasteiger partial charge in [-0.2, -0.15) is 5.10 Å². The van der Waals surface area contributed by atoms with Gasteiger partial charge in [0.2, 0.25) is 0 Å². The first-order chi connectivity index (χ1) is 9.75. The molecule has 0 bridgehead atoms. The van der Waals surface area contributed by atoms with E-state index in [0.717, 1.165) is 28.0 Å². The molecule has 0 aliphatic heterocycles. The molecule has 1 unspecified atom stereocenters. The van der Waals surface area contributed by atoms with Gasteiger partial charge in [-0.1, -0.05) is 30.3 Å². The first-order valence-electron chi connectivity index (χ1n) is 6.65. The van der Waals surface area contributed by atoms with Crippen molar-refractivity contribution in [2.75, 3.05) is 5.32 Å². The number of hydrogen-bond acceptors (Lipinski definition) is 4. The van der Waals surface area contributed by atoms with Crippen LogP contribution in [0.25, 0.3) is 10.8 Å². The van der Waals surface area contributed by atoms with Crippen LogP contribution in [-0.2, 0) is 0 Å². The van der Waals surface area contributed by atoms with Crippen molar-refractivity contribution in [2.24, 2.45) is 0 Å². The van der Waals surface area contributed by atoms with Crippen LogP contribution in [0.2, 0.25) is 0 Å². The predicted molar refractivity (Wildman–Crippen MR) is 80.5 cm³/mol. The topological polar surface area (TPSA) is 50.7 Å². The van der Waals surface area contributed by atoms with E-state index in [1.165, 1.54) is 0 Å². The molecule has 0 saturated carbocycles. The van der Waals surface area contributed by atoms with E-state index in [0.29, 0.717) is 0 Å². The maximum Gasteiger partial charge on any atom is 0.157 e. The van der Waals surface area contributed by atoms with Gasteiger partial charge in [-0.15, -0.1) is 5.10 Å². The van der Waals surface area contributed by atoms with Crippen molar-refractivity contribution in [1.29, 1.82) is 0 Å². The monoisotopic (exact) mass is 264 g/mol. The highest BCUT2D eigenvalue weighted by atomic mass is 15.2. The summed E-state index contributed by atoms with van der Waals surface area (Å²) < 4.78 is 0. The Hall–Kier alpha value is -2.49. The van der Waals surface area contributed by atoms with Crippen LogP contribution in [0.15, 0.2) is 48.7 Å². The fraction of sp³-hybridized carbons (Fsp3) is 0.188. The van der Waals surface area contributed by atoms with E-state index in [1.54, 1.807) is 6.20 Å². The maximum atomic E-state index is 4.36. The molecule has 0 fully saturated rings. The quantitative estimate of drug-likeness (QED) is 0.786. The molecule has 0 aliphatic carbocycles. The third-order valence-corrected chi connectivity index (χ3v) is 3.36. The summed E-state index contributed by atoms with van der Waals surface area (Å²) in [5.41, 5.74) is 1.93. The molecule has 3 aromatic rings. The number of aryl methyl sites for hydroxylation is 1. The molecule has 20 heavy (non-hydrogen) atoms. The molecule has 0 spiro atoms. The number of aromatic nitrogens is 3. The number of hydrogen-bond donors (Lipinski definition) is 1. The van der Waals surface area contributed by atoms with E-state index < -0.39 is 0 Å². The Labute approximate surface area is 117 Å². The number of fused-ring (bicyclic) bond motifs is 1. The van der Waals surface area contributed by atoms with Crippen LogP contribution in [0, 0.1) is 6.92 Å². The number of benzene rings is 1. The summed E-state index contributed by atoms with van der Waals surface area (Å²) in [6.45, 7) is 4.04. The van der Waals surface area contributed by atoms with Gasteiger partial charge in [0.1, 0.15) is 0 Å². The molecule has 2 aromatic heterocycles. The van der Waals surface area contributed by atoms with Crippen LogP contribution in [0.3, 0.4) is 0 Å². The summed E-state index contributed by atoms with van der Waals surface area (Å²) in [6, 6.07) is 14.1. The molecule has 1 N–H and O–H groups in total.